The molecule has 1 fully saturated rings. The lowest BCUT2D eigenvalue weighted by atomic mass is 10.1. The molecule has 0 saturated carbocycles. The van der Waals surface area contributed by atoms with Gasteiger partial charge in [0.05, 0.1) is 12.3 Å². The van der Waals surface area contributed by atoms with Crippen molar-refractivity contribution in [1.82, 2.24) is 9.62 Å². The minimum Gasteiger partial charge on any atom is -0.468 e. The van der Waals surface area contributed by atoms with Crippen LogP contribution < -0.4 is 9.46 Å². The Morgan fingerprint density at radius 3 is 2.52 bits per heavy atom. The first-order chi connectivity index (χ1) is 13.0. The number of hydrogen-bond donors (Lipinski definition) is 1. The molecule has 2 heterocycles. The molecule has 0 aliphatic carbocycles. The van der Waals surface area contributed by atoms with Gasteiger partial charge in [-0.1, -0.05) is 18.6 Å². The molecule has 1 aromatic carbocycles. The van der Waals surface area contributed by atoms with Crippen molar-refractivity contribution in [2.24, 2.45) is 0 Å². The third kappa shape index (κ3) is 5.06. The molecule has 1 aromatic heterocycles. The van der Waals surface area contributed by atoms with Crippen molar-refractivity contribution in [3.05, 3.63) is 48.4 Å². The predicted molar refractivity (Wildman–Crippen MR) is 95.1 cm³/mol. The van der Waals surface area contributed by atoms with Crippen LogP contribution in [0.4, 0.5) is 8.78 Å². The van der Waals surface area contributed by atoms with Crippen molar-refractivity contribution < 1.29 is 26.4 Å². The number of furan rings is 1. The van der Waals surface area contributed by atoms with E-state index in [1.165, 1.54) is 24.3 Å². The van der Waals surface area contributed by atoms with Crippen molar-refractivity contribution in [3.8, 4) is 5.75 Å². The maximum absolute atomic E-state index is 12.7. The Morgan fingerprint density at radius 1 is 1.11 bits per heavy atom. The first-order valence-electron chi connectivity index (χ1n) is 8.78. The minimum absolute atomic E-state index is 0.0683. The van der Waals surface area contributed by atoms with Crippen LogP contribution >= 0.6 is 0 Å². The summed E-state index contributed by atoms with van der Waals surface area (Å²) in [4.78, 5) is 1.86. The first kappa shape index (κ1) is 19.8. The second-order valence-electron chi connectivity index (χ2n) is 6.30. The molecule has 27 heavy (non-hydrogen) atoms. The lowest BCUT2D eigenvalue weighted by molar-refractivity contribution is -0.0517. The van der Waals surface area contributed by atoms with Gasteiger partial charge in [0.25, 0.3) is 0 Å². The van der Waals surface area contributed by atoms with Gasteiger partial charge in [-0.2, -0.15) is 8.78 Å². The molecule has 1 N–H and O–H groups in total. The molecule has 1 unspecified atom stereocenters. The standard InChI is InChI=1S/C18H22F2N2O4S/c19-18(20)26-16-7-2-3-9-17(16)27(23,24)21-13-14(15-8-6-12-25-15)22-10-4-1-5-11-22/h2-3,6-9,12,14,18,21H,1,4-5,10-11,13H2. The summed E-state index contributed by atoms with van der Waals surface area (Å²) in [7, 11) is -4.04. The Kier molecular flexibility index (Phi) is 6.46. The monoisotopic (exact) mass is 400 g/mol. The highest BCUT2D eigenvalue weighted by Crippen LogP contribution is 2.27. The highest BCUT2D eigenvalue weighted by atomic mass is 32.2. The van der Waals surface area contributed by atoms with Crippen LogP contribution in [-0.2, 0) is 10.0 Å². The van der Waals surface area contributed by atoms with E-state index in [9.17, 15) is 17.2 Å². The molecule has 2 aromatic rings. The van der Waals surface area contributed by atoms with Crippen LogP contribution in [0.1, 0.15) is 31.1 Å². The van der Waals surface area contributed by atoms with Crippen LogP contribution in [0.5, 0.6) is 5.75 Å². The average Bonchev–Trinajstić information content (AvgIpc) is 3.17. The zero-order valence-corrected chi connectivity index (χ0v) is 15.5. The smallest absolute Gasteiger partial charge is 0.387 e. The molecule has 1 aliphatic heterocycles. The molecule has 1 atom stereocenters. The highest BCUT2D eigenvalue weighted by Gasteiger charge is 2.28. The maximum atomic E-state index is 12.7. The number of nitrogens with zero attached hydrogens (tertiary/aromatic N) is 1. The molecule has 9 heteroatoms. The summed E-state index contributed by atoms with van der Waals surface area (Å²) >= 11 is 0. The van der Waals surface area contributed by atoms with Crippen molar-refractivity contribution >= 4 is 10.0 Å². The number of para-hydroxylation sites is 1. The second-order valence-corrected chi connectivity index (χ2v) is 8.04. The average molecular weight is 400 g/mol. The van der Waals surface area contributed by atoms with E-state index < -0.39 is 16.6 Å². The van der Waals surface area contributed by atoms with Gasteiger partial charge in [0.15, 0.2) is 0 Å². The highest BCUT2D eigenvalue weighted by molar-refractivity contribution is 7.89. The normalized spacial score (nSPS) is 17.1. The number of benzene rings is 1. The Bertz CT molecular complexity index is 822. The number of ether oxygens (including phenoxy) is 1. The Balaban J connectivity index is 1.78. The zero-order valence-electron chi connectivity index (χ0n) is 14.7. The van der Waals surface area contributed by atoms with Crippen molar-refractivity contribution in [2.45, 2.75) is 36.8 Å². The number of hydrogen-bond acceptors (Lipinski definition) is 5. The van der Waals surface area contributed by atoms with Gasteiger partial charge in [0.1, 0.15) is 16.4 Å². The summed E-state index contributed by atoms with van der Waals surface area (Å²) in [6.45, 7) is -1.35. The van der Waals surface area contributed by atoms with E-state index in [-0.39, 0.29) is 23.2 Å². The SMILES string of the molecule is O=S(=O)(NCC(c1ccco1)N1CCCCC1)c1ccccc1OC(F)F. The predicted octanol–water partition coefficient (Wildman–Crippen LogP) is 3.39. The third-order valence-corrected chi connectivity index (χ3v) is 5.99. The molecular weight excluding hydrogens is 378 g/mol. The van der Waals surface area contributed by atoms with Gasteiger partial charge in [-0.25, -0.2) is 13.1 Å². The van der Waals surface area contributed by atoms with Crippen LogP contribution in [-0.4, -0.2) is 39.6 Å². The molecule has 148 valence electrons. The fraction of sp³-hybridized carbons (Fsp3) is 0.444. The Labute approximate surface area is 157 Å². The summed E-state index contributed by atoms with van der Waals surface area (Å²) in [5.41, 5.74) is 0. The minimum atomic E-state index is -4.04. The van der Waals surface area contributed by atoms with Gasteiger partial charge < -0.3 is 9.15 Å². The topological polar surface area (TPSA) is 71.8 Å². The van der Waals surface area contributed by atoms with Crippen LogP contribution in [0.15, 0.2) is 52.0 Å². The van der Waals surface area contributed by atoms with E-state index in [0.717, 1.165) is 32.4 Å². The van der Waals surface area contributed by atoms with Gasteiger partial charge in [-0.05, 0) is 50.2 Å². The number of sulfonamides is 1. The lowest BCUT2D eigenvalue weighted by Crippen LogP contribution is -2.40. The van der Waals surface area contributed by atoms with Gasteiger partial charge in [-0.3, -0.25) is 4.90 Å². The zero-order chi connectivity index (χ0) is 19.3. The largest absolute Gasteiger partial charge is 0.468 e. The number of nitrogens with one attached hydrogen (secondary N) is 1. The third-order valence-electron chi connectivity index (χ3n) is 4.52. The van der Waals surface area contributed by atoms with Gasteiger partial charge in [-0.15, -0.1) is 0 Å². The summed E-state index contributed by atoms with van der Waals surface area (Å²) in [5.74, 6) is 0.282. The summed E-state index contributed by atoms with van der Waals surface area (Å²) in [6, 6.07) is 8.64. The van der Waals surface area contributed by atoms with Gasteiger partial charge in [0.2, 0.25) is 10.0 Å². The number of alkyl halides is 2. The van der Waals surface area contributed by atoms with Gasteiger partial charge in [0, 0.05) is 6.54 Å². The van der Waals surface area contributed by atoms with Crippen LogP contribution in [0.3, 0.4) is 0 Å². The maximum Gasteiger partial charge on any atom is 0.387 e. The van der Waals surface area contributed by atoms with E-state index in [2.05, 4.69) is 14.4 Å². The molecule has 1 aliphatic rings. The van der Waals surface area contributed by atoms with Crippen LogP contribution in [0.2, 0.25) is 0 Å². The molecule has 0 spiro atoms. The molecule has 0 bridgehead atoms. The quantitative estimate of drug-likeness (QED) is 0.736. The van der Waals surface area contributed by atoms with Gasteiger partial charge >= 0.3 is 6.61 Å². The first-order valence-corrected chi connectivity index (χ1v) is 10.3. The van der Waals surface area contributed by atoms with Crippen molar-refractivity contribution in [2.75, 3.05) is 19.6 Å². The van der Waals surface area contributed by atoms with Crippen molar-refractivity contribution in [3.63, 3.8) is 0 Å². The van der Waals surface area contributed by atoms with E-state index in [1.54, 1.807) is 18.4 Å². The number of piperidine rings is 1. The van der Waals surface area contributed by atoms with Crippen molar-refractivity contribution in [1.29, 1.82) is 0 Å². The summed E-state index contributed by atoms with van der Waals surface area (Å²) < 4.78 is 62.9. The second kappa shape index (κ2) is 8.81. The fourth-order valence-electron chi connectivity index (χ4n) is 3.25. The number of rotatable bonds is 8. The lowest BCUT2D eigenvalue weighted by Gasteiger charge is -2.33. The molecule has 1 saturated heterocycles. The molecular formula is C18H22F2N2O4S. The Morgan fingerprint density at radius 2 is 1.85 bits per heavy atom. The van der Waals surface area contributed by atoms with E-state index in [4.69, 9.17) is 4.42 Å². The number of likely N-dealkylation sites (tertiary alicyclic amines) is 1. The Hall–Kier alpha value is -1.97. The van der Waals surface area contributed by atoms with E-state index in [0.29, 0.717) is 5.76 Å². The molecule has 0 amide bonds. The van der Waals surface area contributed by atoms with E-state index >= 15 is 0 Å². The summed E-state index contributed by atoms with van der Waals surface area (Å²) in [6.07, 6.45) is 4.77. The fourth-order valence-corrected chi connectivity index (χ4v) is 4.42. The number of halogens is 2. The molecule has 6 nitrogen and oxygen atoms in total. The van der Waals surface area contributed by atoms with Crippen LogP contribution in [0.25, 0.3) is 0 Å². The van der Waals surface area contributed by atoms with E-state index in [1.807, 2.05) is 0 Å². The van der Waals surface area contributed by atoms with Crippen LogP contribution in [0, 0.1) is 0 Å². The summed E-state index contributed by atoms with van der Waals surface area (Å²) in [5, 5.41) is 0. The molecule has 0 radical (unpaired) electrons. The molecule has 3 rings (SSSR count).